The van der Waals surface area contributed by atoms with Crippen molar-refractivity contribution in [1.29, 1.82) is 0 Å². The Balaban J connectivity index is 2.42. The van der Waals surface area contributed by atoms with Crippen molar-refractivity contribution in [2.45, 2.75) is 45.4 Å². The SMILES string of the molecule is CCCCCCC/C=C\c1cc(OC)cc(OC)c1. The molecule has 1 rings (SSSR count). The van der Waals surface area contributed by atoms with Crippen LogP contribution in [0.4, 0.5) is 0 Å². The van der Waals surface area contributed by atoms with Gasteiger partial charge in [0, 0.05) is 6.07 Å². The second-order valence-electron chi connectivity index (χ2n) is 4.75. The van der Waals surface area contributed by atoms with Gasteiger partial charge in [0.2, 0.25) is 0 Å². The summed E-state index contributed by atoms with van der Waals surface area (Å²) in [5.74, 6) is 1.67. The average Bonchev–Trinajstić information content (AvgIpc) is 2.45. The van der Waals surface area contributed by atoms with E-state index in [1.165, 1.54) is 32.1 Å². The summed E-state index contributed by atoms with van der Waals surface area (Å²) in [6, 6.07) is 5.94. The highest BCUT2D eigenvalue weighted by Crippen LogP contribution is 2.23. The van der Waals surface area contributed by atoms with E-state index in [0.29, 0.717) is 0 Å². The maximum absolute atomic E-state index is 5.26. The average molecular weight is 262 g/mol. The molecular weight excluding hydrogens is 236 g/mol. The molecule has 0 N–H and O–H groups in total. The summed E-state index contributed by atoms with van der Waals surface area (Å²) in [6.45, 7) is 2.25. The van der Waals surface area contributed by atoms with E-state index in [-0.39, 0.29) is 0 Å². The number of rotatable bonds is 9. The van der Waals surface area contributed by atoms with Crippen LogP contribution in [-0.2, 0) is 0 Å². The van der Waals surface area contributed by atoms with Gasteiger partial charge in [-0.05, 0) is 30.5 Å². The monoisotopic (exact) mass is 262 g/mol. The number of benzene rings is 1. The van der Waals surface area contributed by atoms with Gasteiger partial charge in [-0.25, -0.2) is 0 Å². The Bertz CT molecular complexity index is 361. The molecule has 0 amide bonds. The fourth-order valence-electron chi connectivity index (χ4n) is 2.01. The van der Waals surface area contributed by atoms with Crippen LogP contribution in [0, 0.1) is 0 Å². The third-order valence-electron chi connectivity index (χ3n) is 3.16. The molecule has 0 unspecified atom stereocenters. The van der Waals surface area contributed by atoms with E-state index in [2.05, 4.69) is 19.1 Å². The number of hydrogen-bond acceptors (Lipinski definition) is 2. The van der Waals surface area contributed by atoms with E-state index >= 15 is 0 Å². The van der Waals surface area contributed by atoms with E-state index in [1.807, 2.05) is 18.2 Å². The molecule has 0 saturated carbocycles. The van der Waals surface area contributed by atoms with E-state index < -0.39 is 0 Å². The molecule has 0 aliphatic carbocycles. The Morgan fingerprint density at radius 3 is 2.11 bits per heavy atom. The summed E-state index contributed by atoms with van der Waals surface area (Å²) in [6.07, 6.45) is 12.2. The van der Waals surface area contributed by atoms with Gasteiger partial charge in [-0.15, -0.1) is 0 Å². The van der Waals surface area contributed by atoms with E-state index in [1.54, 1.807) is 14.2 Å². The van der Waals surface area contributed by atoms with Crippen LogP contribution < -0.4 is 9.47 Å². The Hall–Kier alpha value is -1.44. The zero-order valence-electron chi connectivity index (χ0n) is 12.4. The van der Waals surface area contributed by atoms with Crippen molar-refractivity contribution in [1.82, 2.24) is 0 Å². The van der Waals surface area contributed by atoms with Gasteiger partial charge in [0.05, 0.1) is 14.2 Å². The van der Waals surface area contributed by atoms with Crippen LogP contribution in [-0.4, -0.2) is 14.2 Å². The normalized spacial score (nSPS) is 10.9. The summed E-state index contributed by atoms with van der Waals surface area (Å²) in [7, 11) is 3.35. The predicted octanol–water partition coefficient (Wildman–Crippen LogP) is 5.08. The summed E-state index contributed by atoms with van der Waals surface area (Å²) < 4.78 is 10.5. The first-order valence-electron chi connectivity index (χ1n) is 7.19. The van der Waals surface area contributed by atoms with Gasteiger partial charge in [-0.2, -0.15) is 0 Å². The van der Waals surface area contributed by atoms with E-state index in [4.69, 9.17) is 9.47 Å². The molecular formula is C17H26O2. The summed E-state index contributed by atoms with van der Waals surface area (Å²) in [4.78, 5) is 0. The molecule has 2 heteroatoms. The molecule has 0 fully saturated rings. The minimum absolute atomic E-state index is 0.835. The van der Waals surface area contributed by atoms with E-state index in [0.717, 1.165) is 23.5 Å². The van der Waals surface area contributed by atoms with Gasteiger partial charge in [0.15, 0.2) is 0 Å². The van der Waals surface area contributed by atoms with Gasteiger partial charge in [0.1, 0.15) is 11.5 Å². The van der Waals surface area contributed by atoms with Crippen molar-refractivity contribution in [3.63, 3.8) is 0 Å². The van der Waals surface area contributed by atoms with Gasteiger partial charge >= 0.3 is 0 Å². The molecule has 0 saturated heterocycles. The van der Waals surface area contributed by atoms with Crippen molar-refractivity contribution in [3.05, 3.63) is 29.8 Å². The largest absolute Gasteiger partial charge is 0.497 e. The molecule has 2 nitrogen and oxygen atoms in total. The number of ether oxygens (including phenoxy) is 2. The topological polar surface area (TPSA) is 18.5 Å². The number of allylic oxidation sites excluding steroid dienone is 1. The number of unbranched alkanes of at least 4 members (excludes halogenated alkanes) is 5. The van der Waals surface area contributed by atoms with Crippen LogP contribution in [0.5, 0.6) is 11.5 Å². The van der Waals surface area contributed by atoms with E-state index in [9.17, 15) is 0 Å². The summed E-state index contributed by atoms with van der Waals surface area (Å²) >= 11 is 0. The second-order valence-corrected chi connectivity index (χ2v) is 4.75. The zero-order chi connectivity index (χ0) is 13.9. The van der Waals surface area contributed by atoms with Crippen molar-refractivity contribution in [3.8, 4) is 11.5 Å². The molecule has 0 aliphatic heterocycles. The fraction of sp³-hybridized carbons (Fsp3) is 0.529. The standard InChI is InChI=1S/C17H26O2/c1-4-5-6-7-8-9-10-11-15-12-16(18-2)14-17(13-15)19-3/h10-14H,4-9H2,1-3H3/b11-10-. The Morgan fingerprint density at radius 2 is 1.53 bits per heavy atom. The molecule has 0 atom stereocenters. The molecule has 106 valence electrons. The van der Waals surface area contributed by atoms with Gasteiger partial charge in [0.25, 0.3) is 0 Å². The highest BCUT2D eigenvalue weighted by Gasteiger charge is 1.98. The molecule has 0 heterocycles. The summed E-state index contributed by atoms with van der Waals surface area (Å²) in [5, 5.41) is 0. The maximum atomic E-state index is 5.26. The van der Waals surface area contributed by atoms with Gasteiger partial charge in [-0.1, -0.05) is 44.8 Å². The lowest BCUT2D eigenvalue weighted by atomic mass is 10.1. The highest BCUT2D eigenvalue weighted by molar-refractivity contribution is 5.55. The lowest BCUT2D eigenvalue weighted by molar-refractivity contribution is 0.394. The minimum Gasteiger partial charge on any atom is -0.497 e. The highest BCUT2D eigenvalue weighted by atomic mass is 16.5. The molecule has 0 radical (unpaired) electrons. The van der Waals surface area contributed by atoms with Crippen molar-refractivity contribution in [2.75, 3.05) is 14.2 Å². The molecule has 0 aromatic heterocycles. The fourth-order valence-corrected chi connectivity index (χ4v) is 2.01. The first-order chi connectivity index (χ1) is 9.30. The lowest BCUT2D eigenvalue weighted by Crippen LogP contribution is -1.88. The smallest absolute Gasteiger partial charge is 0.123 e. The maximum Gasteiger partial charge on any atom is 0.123 e. The Morgan fingerprint density at radius 1 is 0.895 bits per heavy atom. The molecule has 1 aromatic rings. The first-order valence-corrected chi connectivity index (χ1v) is 7.19. The molecule has 0 spiro atoms. The predicted molar refractivity (Wildman–Crippen MR) is 82.0 cm³/mol. The van der Waals surface area contributed by atoms with Crippen LogP contribution in [0.25, 0.3) is 6.08 Å². The van der Waals surface area contributed by atoms with Crippen molar-refractivity contribution >= 4 is 6.08 Å². The third-order valence-corrected chi connectivity index (χ3v) is 3.16. The van der Waals surface area contributed by atoms with Crippen molar-refractivity contribution < 1.29 is 9.47 Å². The van der Waals surface area contributed by atoms with Crippen LogP contribution in [0.2, 0.25) is 0 Å². The zero-order valence-corrected chi connectivity index (χ0v) is 12.4. The quantitative estimate of drug-likeness (QED) is 0.578. The number of hydrogen-bond donors (Lipinski definition) is 0. The van der Waals surface area contributed by atoms with Crippen LogP contribution >= 0.6 is 0 Å². The van der Waals surface area contributed by atoms with Crippen LogP contribution in [0.15, 0.2) is 24.3 Å². The third kappa shape index (κ3) is 6.32. The first kappa shape index (κ1) is 15.6. The number of methoxy groups -OCH3 is 2. The summed E-state index contributed by atoms with van der Waals surface area (Å²) in [5.41, 5.74) is 1.13. The molecule has 19 heavy (non-hydrogen) atoms. The minimum atomic E-state index is 0.835. The van der Waals surface area contributed by atoms with Crippen LogP contribution in [0.3, 0.4) is 0 Å². The Kier molecular flexibility index (Phi) is 7.80. The Labute approximate surface area is 117 Å². The van der Waals surface area contributed by atoms with Gasteiger partial charge in [-0.3, -0.25) is 0 Å². The van der Waals surface area contributed by atoms with Gasteiger partial charge < -0.3 is 9.47 Å². The molecule has 0 aliphatic rings. The molecule has 1 aromatic carbocycles. The molecule has 0 bridgehead atoms. The van der Waals surface area contributed by atoms with Crippen LogP contribution in [0.1, 0.15) is 51.0 Å². The van der Waals surface area contributed by atoms with Crippen molar-refractivity contribution in [2.24, 2.45) is 0 Å². The lowest BCUT2D eigenvalue weighted by Gasteiger charge is -2.05. The second kappa shape index (κ2) is 9.48.